The molecule has 2 aromatic rings. The van der Waals surface area contributed by atoms with E-state index in [-0.39, 0.29) is 42.0 Å². The van der Waals surface area contributed by atoms with E-state index >= 15 is 0 Å². The Labute approximate surface area is 192 Å². The highest BCUT2D eigenvalue weighted by Gasteiger charge is 2.23. The molecule has 1 amide bonds. The van der Waals surface area contributed by atoms with Gasteiger partial charge in [0.05, 0.1) is 6.54 Å². The molecule has 1 aromatic heterocycles. The van der Waals surface area contributed by atoms with Crippen LogP contribution in [0.2, 0.25) is 0 Å². The van der Waals surface area contributed by atoms with Crippen LogP contribution >= 0.6 is 35.3 Å². The molecule has 1 unspecified atom stereocenters. The van der Waals surface area contributed by atoms with Gasteiger partial charge < -0.3 is 21.1 Å². The maximum atomic E-state index is 13.6. The normalized spacial score (nSPS) is 13.2. The molecule has 0 bridgehead atoms. The minimum absolute atomic E-state index is 0. The number of aliphatic imine (C=N–C) groups is 1. The average molecular weight is 534 g/mol. The molecule has 2 rings (SSSR count). The van der Waals surface area contributed by atoms with E-state index in [1.165, 1.54) is 17.4 Å². The van der Waals surface area contributed by atoms with Gasteiger partial charge in [-0.15, -0.1) is 35.3 Å². The van der Waals surface area contributed by atoms with Gasteiger partial charge in [0.1, 0.15) is 11.4 Å². The van der Waals surface area contributed by atoms with Crippen LogP contribution in [0.4, 0.5) is 4.39 Å². The Morgan fingerprint density at radius 3 is 2.59 bits per heavy atom. The minimum Gasteiger partial charge on any atom is -0.383 e. The Balaban J connectivity index is 0.00000420. The zero-order valence-electron chi connectivity index (χ0n) is 16.8. The Hall–Kier alpha value is -1.72. The maximum Gasteiger partial charge on any atom is 0.251 e. The number of hydrogen-bond donors (Lipinski definition) is 4. The van der Waals surface area contributed by atoms with Crippen LogP contribution < -0.4 is 16.0 Å². The second-order valence-electron chi connectivity index (χ2n) is 6.59. The van der Waals surface area contributed by atoms with Gasteiger partial charge in [0.25, 0.3) is 5.91 Å². The van der Waals surface area contributed by atoms with Gasteiger partial charge >= 0.3 is 0 Å². The molecule has 6 nitrogen and oxygen atoms in total. The van der Waals surface area contributed by atoms with E-state index in [0.717, 1.165) is 4.88 Å². The van der Waals surface area contributed by atoms with E-state index in [4.69, 9.17) is 0 Å². The first kappa shape index (κ1) is 25.3. The summed E-state index contributed by atoms with van der Waals surface area (Å²) in [7, 11) is 0. The lowest BCUT2D eigenvalue weighted by Crippen LogP contribution is -2.42. The fraction of sp³-hybridized carbons (Fsp3) is 0.400. The second-order valence-corrected chi connectivity index (χ2v) is 7.54. The SMILES string of the molecule is CCNC(=NCC(C)(O)c1cccs1)NCCNC(=O)c1ccc(C)c(F)c1.I. The number of benzene rings is 1. The Morgan fingerprint density at radius 1 is 1.24 bits per heavy atom. The molecule has 0 saturated carbocycles. The van der Waals surface area contributed by atoms with Crippen LogP contribution in [0.3, 0.4) is 0 Å². The van der Waals surface area contributed by atoms with Gasteiger partial charge in [-0.2, -0.15) is 0 Å². The number of halogens is 2. The van der Waals surface area contributed by atoms with E-state index < -0.39 is 11.4 Å². The van der Waals surface area contributed by atoms with Gasteiger partial charge in [-0.25, -0.2) is 9.38 Å². The largest absolute Gasteiger partial charge is 0.383 e. The molecule has 1 aromatic carbocycles. The number of amides is 1. The van der Waals surface area contributed by atoms with Crippen LogP contribution in [0.5, 0.6) is 0 Å². The van der Waals surface area contributed by atoms with Crippen molar-refractivity contribution in [3.8, 4) is 0 Å². The summed E-state index contributed by atoms with van der Waals surface area (Å²) in [6.45, 7) is 6.99. The van der Waals surface area contributed by atoms with Gasteiger partial charge in [-0.3, -0.25) is 4.79 Å². The molecule has 0 aliphatic heterocycles. The summed E-state index contributed by atoms with van der Waals surface area (Å²) in [5.41, 5.74) is -0.251. The summed E-state index contributed by atoms with van der Waals surface area (Å²) in [6, 6.07) is 8.18. The minimum atomic E-state index is -1.04. The Morgan fingerprint density at radius 2 is 1.97 bits per heavy atom. The first-order valence-electron chi connectivity index (χ1n) is 9.16. The summed E-state index contributed by atoms with van der Waals surface area (Å²) in [5, 5.41) is 21.4. The van der Waals surface area contributed by atoms with Crippen LogP contribution in [0.1, 0.15) is 34.6 Å². The number of aliphatic hydroxyl groups is 1. The highest BCUT2D eigenvalue weighted by molar-refractivity contribution is 14.0. The van der Waals surface area contributed by atoms with E-state index in [0.29, 0.717) is 31.2 Å². The first-order chi connectivity index (χ1) is 13.3. The van der Waals surface area contributed by atoms with Crippen molar-refractivity contribution < 1.29 is 14.3 Å². The lowest BCUT2D eigenvalue weighted by Gasteiger charge is -2.20. The Bertz CT molecular complexity index is 813. The van der Waals surface area contributed by atoms with Gasteiger partial charge in [0, 0.05) is 30.1 Å². The third-order valence-corrected chi connectivity index (χ3v) is 5.20. The zero-order chi connectivity index (χ0) is 20.6. The monoisotopic (exact) mass is 534 g/mol. The highest BCUT2D eigenvalue weighted by Crippen LogP contribution is 2.25. The summed E-state index contributed by atoms with van der Waals surface area (Å²) >= 11 is 1.49. The van der Waals surface area contributed by atoms with Crippen molar-refractivity contribution in [2.45, 2.75) is 26.4 Å². The fourth-order valence-electron chi connectivity index (χ4n) is 2.43. The number of hydrogen-bond acceptors (Lipinski definition) is 4. The molecule has 0 aliphatic carbocycles. The molecule has 0 aliphatic rings. The van der Waals surface area contributed by atoms with E-state index in [2.05, 4.69) is 20.9 Å². The van der Waals surface area contributed by atoms with Gasteiger partial charge in [0.15, 0.2) is 5.96 Å². The molecule has 4 N–H and O–H groups in total. The van der Waals surface area contributed by atoms with Crippen molar-refractivity contribution in [2.24, 2.45) is 4.99 Å². The summed E-state index contributed by atoms with van der Waals surface area (Å²) < 4.78 is 13.6. The predicted octanol–water partition coefficient (Wildman–Crippen LogP) is 3.01. The molecule has 0 spiro atoms. The van der Waals surface area contributed by atoms with E-state index in [1.807, 2.05) is 24.4 Å². The third kappa shape index (κ3) is 7.90. The smallest absolute Gasteiger partial charge is 0.251 e. The Kier molecular flexibility index (Phi) is 10.5. The summed E-state index contributed by atoms with van der Waals surface area (Å²) in [4.78, 5) is 17.4. The fourth-order valence-corrected chi connectivity index (χ4v) is 3.21. The third-order valence-electron chi connectivity index (χ3n) is 4.08. The van der Waals surface area contributed by atoms with Gasteiger partial charge in [-0.05, 0) is 49.9 Å². The topological polar surface area (TPSA) is 85.8 Å². The molecule has 0 radical (unpaired) electrons. The first-order valence-corrected chi connectivity index (χ1v) is 10.0. The average Bonchev–Trinajstić information content (AvgIpc) is 3.21. The number of rotatable bonds is 8. The van der Waals surface area contributed by atoms with Crippen molar-refractivity contribution in [1.29, 1.82) is 0 Å². The van der Waals surface area contributed by atoms with E-state index in [9.17, 15) is 14.3 Å². The number of carbonyl (C=O) groups excluding carboxylic acids is 1. The van der Waals surface area contributed by atoms with Gasteiger partial charge in [0.2, 0.25) is 0 Å². The molecule has 1 heterocycles. The van der Waals surface area contributed by atoms with Crippen molar-refractivity contribution >= 4 is 47.2 Å². The number of nitrogens with zero attached hydrogens (tertiary/aromatic N) is 1. The van der Waals surface area contributed by atoms with Crippen molar-refractivity contribution in [2.75, 3.05) is 26.2 Å². The number of nitrogens with one attached hydrogen (secondary N) is 3. The van der Waals surface area contributed by atoms with Crippen LogP contribution in [0.25, 0.3) is 0 Å². The van der Waals surface area contributed by atoms with Crippen LogP contribution in [-0.4, -0.2) is 43.2 Å². The second kappa shape index (κ2) is 12.1. The van der Waals surface area contributed by atoms with Crippen molar-refractivity contribution in [3.05, 3.63) is 57.5 Å². The molecule has 0 saturated heterocycles. The van der Waals surface area contributed by atoms with Crippen molar-refractivity contribution in [1.82, 2.24) is 16.0 Å². The number of guanidine groups is 1. The van der Waals surface area contributed by atoms with Crippen molar-refractivity contribution in [3.63, 3.8) is 0 Å². The van der Waals surface area contributed by atoms with E-state index in [1.54, 1.807) is 26.0 Å². The number of carbonyl (C=O) groups is 1. The number of thiophene rings is 1. The van der Waals surface area contributed by atoms with Crippen LogP contribution in [0.15, 0.2) is 40.7 Å². The lowest BCUT2D eigenvalue weighted by molar-refractivity contribution is 0.0711. The standard InChI is InChI=1S/C20H27FN4O2S.HI/c1-4-22-19(25-13-20(3,27)17-6-5-11-28-17)24-10-9-23-18(26)15-8-7-14(2)16(21)12-15;/h5-8,11-12,27H,4,9-10,13H2,1-3H3,(H,23,26)(H2,22,24,25);1H. The molecule has 160 valence electrons. The molecular weight excluding hydrogens is 506 g/mol. The molecular formula is C20H28FIN4O2S. The lowest BCUT2D eigenvalue weighted by atomic mass is 10.1. The van der Waals surface area contributed by atoms with Gasteiger partial charge in [-0.1, -0.05) is 12.1 Å². The quantitative estimate of drug-likeness (QED) is 0.182. The highest BCUT2D eigenvalue weighted by atomic mass is 127. The molecule has 0 fully saturated rings. The van der Waals surface area contributed by atoms with Crippen LogP contribution in [-0.2, 0) is 5.60 Å². The molecule has 1 atom stereocenters. The summed E-state index contributed by atoms with van der Waals surface area (Å²) in [6.07, 6.45) is 0. The molecule has 9 heteroatoms. The molecule has 29 heavy (non-hydrogen) atoms. The summed E-state index contributed by atoms with van der Waals surface area (Å²) in [5.74, 6) is -0.177. The maximum absolute atomic E-state index is 13.6. The van der Waals surface area contributed by atoms with Crippen LogP contribution in [0, 0.1) is 12.7 Å². The number of aryl methyl sites for hydroxylation is 1. The zero-order valence-corrected chi connectivity index (χ0v) is 19.9. The predicted molar refractivity (Wildman–Crippen MR) is 127 cm³/mol.